The molecule has 0 aliphatic rings. The molecule has 0 spiro atoms. The van der Waals surface area contributed by atoms with Gasteiger partial charge in [0.1, 0.15) is 6.10 Å². The van der Waals surface area contributed by atoms with Gasteiger partial charge in [-0.05, 0) is 39.8 Å². The average molecular weight is 407 g/mol. The molecule has 6 heteroatoms. The first-order valence-corrected chi connectivity index (χ1v) is 6.69. The fourth-order valence-electron chi connectivity index (χ4n) is 1.62. The van der Waals surface area contributed by atoms with Gasteiger partial charge in [0.05, 0.1) is 13.7 Å². The molecule has 0 radical (unpaired) electrons. The van der Waals surface area contributed by atoms with E-state index in [1.807, 2.05) is 52.0 Å². The number of ether oxygens (including phenoxy) is 2. The zero-order chi connectivity index (χ0) is 15.2. The van der Waals surface area contributed by atoms with Crippen molar-refractivity contribution in [2.24, 2.45) is 10.7 Å². The van der Waals surface area contributed by atoms with Gasteiger partial charge in [0.15, 0.2) is 17.5 Å². The molecule has 1 unspecified atom stereocenters. The summed E-state index contributed by atoms with van der Waals surface area (Å²) in [6, 6.07) is 7.54. The van der Waals surface area contributed by atoms with Crippen molar-refractivity contribution in [3.05, 3.63) is 24.3 Å². The molecule has 5 nitrogen and oxygen atoms in total. The molecule has 0 saturated heterocycles. The van der Waals surface area contributed by atoms with E-state index in [0.29, 0.717) is 24.0 Å². The summed E-state index contributed by atoms with van der Waals surface area (Å²) in [5, 5.41) is 3.11. The predicted molar refractivity (Wildman–Crippen MR) is 97.9 cm³/mol. The minimum atomic E-state index is -0.0969. The van der Waals surface area contributed by atoms with Crippen molar-refractivity contribution < 1.29 is 9.47 Å². The number of hydrogen-bond donors (Lipinski definition) is 2. The van der Waals surface area contributed by atoms with Gasteiger partial charge in [-0.15, -0.1) is 24.0 Å². The molecule has 1 atom stereocenters. The number of methoxy groups -OCH3 is 1. The van der Waals surface area contributed by atoms with Crippen molar-refractivity contribution in [1.29, 1.82) is 0 Å². The highest BCUT2D eigenvalue weighted by molar-refractivity contribution is 14.0. The number of halogens is 1. The van der Waals surface area contributed by atoms with E-state index in [9.17, 15) is 0 Å². The predicted octanol–water partition coefficient (Wildman–Crippen LogP) is 2.78. The van der Waals surface area contributed by atoms with Crippen LogP contribution in [0.25, 0.3) is 0 Å². The van der Waals surface area contributed by atoms with Crippen molar-refractivity contribution in [1.82, 2.24) is 5.32 Å². The summed E-state index contributed by atoms with van der Waals surface area (Å²) >= 11 is 0. The van der Waals surface area contributed by atoms with E-state index in [0.717, 1.165) is 0 Å². The van der Waals surface area contributed by atoms with Crippen LogP contribution in [0.5, 0.6) is 11.5 Å². The van der Waals surface area contributed by atoms with Crippen LogP contribution in [0.2, 0.25) is 0 Å². The summed E-state index contributed by atoms with van der Waals surface area (Å²) in [5.41, 5.74) is 5.72. The summed E-state index contributed by atoms with van der Waals surface area (Å²) < 4.78 is 11.0. The number of para-hydroxylation sites is 2. The van der Waals surface area contributed by atoms with Gasteiger partial charge in [0, 0.05) is 5.54 Å². The summed E-state index contributed by atoms with van der Waals surface area (Å²) in [4.78, 5) is 4.28. The van der Waals surface area contributed by atoms with E-state index < -0.39 is 0 Å². The zero-order valence-corrected chi connectivity index (χ0v) is 15.7. The van der Waals surface area contributed by atoms with Gasteiger partial charge in [-0.1, -0.05) is 12.1 Å². The summed E-state index contributed by atoms with van der Waals surface area (Å²) in [7, 11) is 1.62. The molecule has 0 aliphatic heterocycles. The van der Waals surface area contributed by atoms with Crippen molar-refractivity contribution in [2.45, 2.75) is 39.3 Å². The molecule has 0 amide bonds. The maximum atomic E-state index is 5.82. The number of hydrogen-bond acceptors (Lipinski definition) is 3. The largest absolute Gasteiger partial charge is 0.493 e. The van der Waals surface area contributed by atoms with E-state index in [2.05, 4.69) is 10.3 Å². The summed E-state index contributed by atoms with van der Waals surface area (Å²) in [5.74, 6) is 1.84. The minimum Gasteiger partial charge on any atom is -0.493 e. The number of rotatable bonds is 5. The smallest absolute Gasteiger partial charge is 0.189 e. The molecule has 0 saturated carbocycles. The van der Waals surface area contributed by atoms with Crippen LogP contribution < -0.4 is 20.5 Å². The Labute approximate surface area is 144 Å². The molecule has 0 aliphatic carbocycles. The fourth-order valence-corrected chi connectivity index (χ4v) is 1.62. The quantitative estimate of drug-likeness (QED) is 0.448. The number of guanidine groups is 1. The minimum absolute atomic E-state index is 0. The first-order chi connectivity index (χ1) is 9.31. The Balaban J connectivity index is 0.00000400. The zero-order valence-electron chi connectivity index (χ0n) is 13.3. The lowest BCUT2D eigenvalue weighted by atomic mass is 10.1. The lowest BCUT2D eigenvalue weighted by Crippen LogP contribution is -2.45. The highest BCUT2D eigenvalue weighted by Gasteiger charge is 2.11. The van der Waals surface area contributed by atoms with Crippen molar-refractivity contribution in [3.8, 4) is 11.5 Å². The molecule has 120 valence electrons. The SMILES string of the molecule is COc1ccccc1OC(C)CN=C(N)NC(C)(C)C.I. The first kappa shape index (κ1) is 19.8. The van der Waals surface area contributed by atoms with Gasteiger partial charge < -0.3 is 20.5 Å². The molecule has 0 bridgehead atoms. The van der Waals surface area contributed by atoms with Crippen LogP contribution in [-0.2, 0) is 0 Å². The molecular weight excluding hydrogens is 381 g/mol. The van der Waals surface area contributed by atoms with Gasteiger partial charge in [-0.3, -0.25) is 0 Å². The summed E-state index contributed by atoms with van der Waals surface area (Å²) in [6.45, 7) is 8.52. The van der Waals surface area contributed by atoms with E-state index in [1.165, 1.54) is 0 Å². The Morgan fingerprint density at radius 2 is 1.86 bits per heavy atom. The van der Waals surface area contributed by atoms with Gasteiger partial charge in [0.25, 0.3) is 0 Å². The van der Waals surface area contributed by atoms with Crippen LogP contribution >= 0.6 is 24.0 Å². The molecule has 0 heterocycles. The van der Waals surface area contributed by atoms with E-state index in [-0.39, 0.29) is 35.6 Å². The third-order valence-corrected chi connectivity index (χ3v) is 2.42. The van der Waals surface area contributed by atoms with Crippen LogP contribution in [0.4, 0.5) is 0 Å². The number of benzene rings is 1. The Morgan fingerprint density at radius 1 is 1.29 bits per heavy atom. The molecule has 3 N–H and O–H groups in total. The standard InChI is InChI=1S/C15H25N3O2.HI/c1-11(10-17-14(16)18-15(2,3)4)20-13-9-7-6-8-12(13)19-5;/h6-9,11H,10H2,1-5H3,(H3,16,17,18);1H. The third-order valence-electron chi connectivity index (χ3n) is 2.42. The molecule has 21 heavy (non-hydrogen) atoms. The van der Waals surface area contributed by atoms with Gasteiger partial charge >= 0.3 is 0 Å². The molecule has 1 aromatic rings. The van der Waals surface area contributed by atoms with Crippen LogP contribution in [-0.4, -0.2) is 31.3 Å². The van der Waals surface area contributed by atoms with E-state index >= 15 is 0 Å². The average Bonchev–Trinajstić information content (AvgIpc) is 2.35. The Bertz CT molecular complexity index is 458. The monoisotopic (exact) mass is 407 g/mol. The Hall–Kier alpha value is -1.18. The normalized spacial score (nSPS) is 13.1. The van der Waals surface area contributed by atoms with Crippen LogP contribution in [0, 0.1) is 0 Å². The van der Waals surface area contributed by atoms with E-state index in [1.54, 1.807) is 7.11 Å². The second kappa shape index (κ2) is 8.96. The second-order valence-electron chi connectivity index (χ2n) is 5.68. The van der Waals surface area contributed by atoms with Crippen LogP contribution in [0.15, 0.2) is 29.3 Å². The number of aliphatic imine (C=N–C) groups is 1. The van der Waals surface area contributed by atoms with Gasteiger partial charge in [-0.25, -0.2) is 4.99 Å². The molecule has 1 rings (SSSR count). The Kier molecular flexibility index (Phi) is 8.46. The first-order valence-electron chi connectivity index (χ1n) is 6.69. The molecule has 0 fully saturated rings. The molecule has 0 aromatic heterocycles. The number of nitrogens with two attached hydrogens (primary N) is 1. The van der Waals surface area contributed by atoms with Crippen molar-refractivity contribution in [3.63, 3.8) is 0 Å². The molecule has 1 aromatic carbocycles. The highest BCUT2D eigenvalue weighted by atomic mass is 127. The topological polar surface area (TPSA) is 68.9 Å². The fraction of sp³-hybridized carbons (Fsp3) is 0.533. The summed E-state index contributed by atoms with van der Waals surface area (Å²) in [6.07, 6.45) is -0.0911. The van der Waals surface area contributed by atoms with Gasteiger partial charge in [-0.2, -0.15) is 0 Å². The van der Waals surface area contributed by atoms with Crippen LogP contribution in [0.1, 0.15) is 27.7 Å². The van der Waals surface area contributed by atoms with Crippen LogP contribution in [0.3, 0.4) is 0 Å². The highest BCUT2D eigenvalue weighted by Crippen LogP contribution is 2.26. The van der Waals surface area contributed by atoms with Crippen molar-refractivity contribution >= 4 is 29.9 Å². The van der Waals surface area contributed by atoms with E-state index in [4.69, 9.17) is 15.2 Å². The maximum absolute atomic E-state index is 5.82. The lowest BCUT2D eigenvalue weighted by molar-refractivity contribution is 0.219. The maximum Gasteiger partial charge on any atom is 0.189 e. The number of nitrogens with one attached hydrogen (secondary N) is 1. The molecular formula is C15H26IN3O2. The van der Waals surface area contributed by atoms with Crippen molar-refractivity contribution in [2.75, 3.05) is 13.7 Å². The second-order valence-corrected chi connectivity index (χ2v) is 5.68. The third kappa shape index (κ3) is 7.99. The van der Waals surface area contributed by atoms with Gasteiger partial charge in [0.2, 0.25) is 0 Å². The number of nitrogens with zero attached hydrogens (tertiary/aromatic N) is 1. The lowest BCUT2D eigenvalue weighted by Gasteiger charge is -2.21. The Morgan fingerprint density at radius 3 is 2.38 bits per heavy atom.